The summed E-state index contributed by atoms with van der Waals surface area (Å²) in [5.74, 6) is 0.865. The molecule has 94 valence electrons. The van der Waals surface area contributed by atoms with Crippen molar-refractivity contribution in [3.63, 3.8) is 0 Å². The second kappa shape index (κ2) is 5.57. The molecule has 2 atom stereocenters. The lowest BCUT2D eigenvalue weighted by Gasteiger charge is -2.33. The molecule has 1 fully saturated rings. The molecule has 0 aromatic heterocycles. The standard InChI is InChI=1S/C16H25N/c1-4-14-9-5-6-10-16(14)17-15-11-7-8-12(2)13(15)3/h7-8,11,14,16-17H,4-6,9-10H2,1-3H3. The smallest absolute Gasteiger partial charge is 0.0374 e. The van der Waals surface area contributed by atoms with E-state index in [0.717, 1.165) is 5.92 Å². The minimum absolute atomic E-state index is 0.689. The second-order valence-corrected chi connectivity index (χ2v) is 5.45. The fraction of sp³-hybridized carbons (Fsp3) is 0.625. The van der Waals surface area contributed by atoms with Crippen molar-refractivity contribution in [1.29, 1.82) is 0 Å². The third-order valence-electron chi connectivity index (χ3n) is 4.38. The number of aryl methyl sites for hydroxylation is 1. The first-order valence-corrected chi connectivity index (χ1v) is 7.05. The van der Waals surface area contributed by atoms with Crippen molar-refractivity contribution >= 4 is 5.69 Å². The van der Waals surface area contributed by atoms with Gasteiger partial charge in [-0.05, 0) is 49.8 Å². The third kappa shape index (κ3) is 2.83. The van der Waals surface area contributed by atoms with E-state index >= 15 is 0 Å². The number of benzene rings is 1. The van der Waals surface area contributed by atoms with E-state index < -0.39 is 0 Å². The zero-order chi connectivity index (χ0) is 12.3. The van der Waals surface area contributed by atoms with Crippen molar-refractivity contribution in [2.24, 2.45) is 5.92 Å². The Morgan fingerprint density at radius 3 is 2.71 bits per heavy atom. The van der Waals surface area contributed by atoms with E-state index in [0.29, 0.717) is 6.04 Å². The molecule has 0 bridgehead atoms. The van der Waals surface area contributed by atoms with Crippen LogP contribution in [0.15, 0.2) is 18.2 Å². The SMILES string of the molecule is CCC1CCCCC1Nc1cccc(C)c1C. The van der Waals surface area contributed by atoms with E-state index in [1.165, 1.54) is 48.9 Å². The Bertz CT molecular complexity index is 370. The summed E-state index contributed by atoms with van der Waals surface area (Å²) < 4.78 is 0. The molecule has 1 saturated carbocycles. The van der Waals surface area contributed by atoms with Crippen molar-refractivity contribution in [2.75, 3.05) is 5.32 Å². The quantitative estimate of drug-likeness (QED) is 0.796. The summed E-state index contributed by atoms with van der Waals surface area (Å²) in [5, 5.41) is 3.79. The Hall–Kier alpha value is -0.980. The third-order valence-corrected chi connectivity index (χ3v) is 4.38. The first-order chi connectivity index (χ1) is 8.22. The summed E-state index contributed by atoms with van der Waals surface area (Å²) in [4.78, 5) is 0. The number of anilines is 1. The largest absolute Gasteiger partial charge is 0.382 e. The number of nitrogens with one attached hydrogen (secondary N) is 1. The highest BCUT2D eigenvalue weighted by atomic mass is 14.9. The van der Waals surface area contributed by atoms with Gasteiger partial charge in [0, 0.05) is 11.7 Å². The zero-order valence-corrected chi connectivity index (χ0v) is 11.4. The van der Waals surface area contributed by atoms with Crippen LogP contribution in [0, 0.1) is 19.8 Å². The summed E-state index contributed by atoms with van der Waals surface area (Å²) in [5.41, 5.74) is 4.14. The minimum Gasteiger partial charge on any atom is -0.382 e. The maximum absolute atomic E-state index is 3.79. The normalized spacial score (nSPS) is 24.6. The van der Waals surface area contributed by atoms with E-state index in [1.807, 2.05) is 0 Å². The number of hydrogen-bond acceptors (Lipinski definition) is 1. The Labute approximate surface area is 106 Å². The Kier molecular flexibility index (Phi) is 4.09. The van der Waals surface area contributed by atoms with Crippen LogP contribution in [-0.4, -0.2) is 6.04 Å². The molecule has 0 aliphatic heterocycles. The lowest BCUT2D eigenvalue weighted by atomic mass is 9.82. The summed E-state index contributed by atoms with van der Waals surface area (Å²) in [6, 6.07) is 7.27. The van der Waals surface area contributed by atoms with Gasteiger partial charge in [-0.3, -0.25) is 0 Å². The summed E-state index contributed by atoms with van der Waals surface area (Å²) in [6.07, 6.45) is 6.86. The Balaban J connectivity index is 2.11. The molecule has 2 rings (SSSR count). The van der Waals surface area contributed by atoms with Gasteiger partial charge in [0.1, 0.15) is 0 Å². The lowest BCUT2D eigenvalue weighted by molar-refractivity contribution is 0.317. The van der Waals surface area contributed by atoms with Gasteiger partial charge < -0.3 is 5.32 Å². The molecular formula is C16H25N. The average molecular weight is 231 g/mol. The second-order valence-electron chi connectivity index (χ2n) is 5.45. The monoisotopic (exact) mass is 231 g/mol. The van der Waals surface area contributed by atoms with Gasteiger partial charge in [-0.2, -0.15) is 0 Å². The van der Waals surface area contributed by atoms with Crippen LogP contribution in [0.25, 0.3) is 0 Å². The highest BCUT2D eigenvalue weighted by Crippen LogP contribution is 2.30. The molecule has 1 N–H and O–H groups in total. The van der Waals surface area contributed by atoms with Gasteiger partial charge in [0.15, 0.2) is 0 Å². The van der Waals surface area contributed by atoms with E-state index in [-0.39, 0.29) is 0 Å². The fourth-order valence-electron chi connectivity index (χ4n) is 2.99. The predicted molar refractivity (Wildman–Crippen MR) is 75.6 cm³/mol. The number of rotatable bonds is 3. The first kappa shape index (κ1) is 12.5. The van der Waals surface area contributed by atoms with Crippen LogP contribution in [0.3, 0.4) is 0 Å². The maximum atomic E-state index is 3.79. The molecule has 1 aliphatic rings. The van der Waals surface area contributed by atoms with Crippen LogP contribution < -0.4 is 5.32 Å². The van der Waals surface area contributed by atoms with Gasteiger partial charge in [-0.1, -0.05) is 38.3 Å². The molecule has 0 spiro atoms. The van der Waals surface area contributed by atoms with Gasteiger partial charge in [-0.15, -0.1) is 0 Å². The van der Waals surface area contributed by atoms with E-state index in [1.54, 1.807) is 0 Å². The molecule has 2 unspecified atom stereocenters. The van der Waals surface area contributed by atoms with E-state index in [2.05, 4.69) is 44.3 Å². The number of hydrogen-bond donors (Lipinski definition) is 1. The molecular weight excluding hydrogens is 206 g/mol. The van der Waals surface area contributed by atoms with Crippen molar-refractivity contribution < 1.29 is 0 Å². The lowest BCUT2D eigenvalue weighted by Crippen LogP contribution is -2.32. The summed E-state index contributed by atoms with van der Waals surface area (Å²) >= 11 is 0. The van der Waals surface area contributed by atoms with Gasteiger partial charge in [0.2, 0.25) is 0 Å². The molecule has 17 heavy (non-hydrogen) atoms. The van der Waals surface area contributed by atoms with Crippen molar-refractivity contribution in [3.8, 4) is 0 Å². The van der Waals surface area contributed by atoms with Crippen LogP contribution >= 0.6 is 0 Å². The van der Waals surface area contributed by atoms with Crippen LogP contribution in [-0.2, 0) is 0 Å². The maximum Gasteiger partial charge on any atom is 0.0374 e. The van der Waals surface area contributed by atoms with Crippen molar-refractivity contribution in [3.05, 3.63) is 29.3 Å². The van der Waals surface area contributed by atoms with E-state index in [4.69, 9.17) is 0 Å². The van der Waals surface area contributed by atoms with Crippen LogP contribution in [0.5, 0.6) is 0 Å². The van der Waals surface area contributed by atoms with Gasteiger partial charge in [-0.25, -0.2) is 0 Å². The molecule has 1 aromatic rings. The zero-order valence-electron chi connectivity index (χ0n) is 11.4. The highest BCUT2D eigenvalue weighted by Gasteiger charge is 2.23. The molecule has 0 amide bonds. The van der Waals surface area contributed by atoms with E-state index in [9.17, 15) is 0 Å². The van der Waals surface area contributed by atoms with Crippen LogP contribution in [0.4, 0.5) is 5.69 Å². The van der Waals surface area contributed by atoms with Crippen molar-refractivity contribution in [2.45, 2.75) is 58.9 Å². The molecule has 0 saturated heterocycles. The molecule has 1 heteroatoms. The Morgan fingerprint density at radius 2 is 1.94 bits per heavy atom. The van der Waals surface area contributed by atoms with Crippen molar-refractivity contribution in [1.82, 2.24) is 0 Å². The molecule has 1 aliphatic carbocycles. The van der Waals surface area contributed by atoms with Crippen LogP contribution in [0.2, 0.25) is 0 Å². The Morgan fingerprint density at radius 1 is 1.18 bits per heavy atom. The molecule has 0 heterocycles. The van der Waals surface area contributed by atoms with Crippen LogP contribution in [0.1, 0.15) is 50.2 Å². The minimum atomic E-state index is 0.689. The summed E-state index contributed by atoms with van der Waals surface area (Å²) in [6.45, 7) is 6.74. The molecule has 0 radical (unpaired) electrons. The average Bonchev–Trinajstić information content (AvgIpc) is 2.35. The van der Waals surface area contributed by atoms with Gasteiger partial charge >= 0.3 is 0 Å². The predicted octanol–water partition coefficient (Wildman–Crippen LogP) is 4.68. The first-order valence-electron chi connectivity index (χ1n) is 7.05. The topological polar surface area (TPSA) is 12.0 Å². The van der Waals surface area contributed by atoms with Gasteiger partial charge in [0.05, 0.1) is 0 Å². The van der Waals surface area contributed by atoms with Gasteiger partial charge in [0.25, 0.3) is 0 Å². The fourth-order valence-corrected chi connectivity index (χ4v) is 2.99. The molecule has 1 aromatic carbocycles. The molecule has 1 nitrogen and oxygen atoms in total. The highest BCUT2D eigenvalue weighted by molar-refractivity contribution is 5.54. The summed E-state index contributed by atoms with van der Waals surface area (Å²) in [7, 11) is 0.